The summed E-state index contributed by atoms with van der Waals surface area (Å²) in [6.07, 6.45) is 3.35. The summed E-state index contributed by atoms with van der Waals surface area (Å²) >= 11 is 0. The average molecular weight is 256 g/mol. The van der Waals surface area contributed by atoms with Crippen LogP contribution in [0, 0.1) is 0 Å². The molecule has 1 fully saturated rings. The number of hydrogen-bond acceptors (Lipinski definition) is 4. The van der Waals surface area contributed by atoms with Gasteiger partial charge >= 0.3 is 6.09 Å². The molecule has 104 valence electrons. The predicted molar refractivity (Wildman–Crippen MR) is 69.5 cm³/mol. The number of amides is 1. The highest BCUT2D eigenvalue weighted by Crippen LogP contribution is 2.09. The Kier molecular flexibility index (Phi) is 5.59. The molecule has 0 aromatic heterocycles. The summed E-state index contributed by atoms with van der Waals surface area (Å²) in [6, 6.07) is -0.458. The summed E-state index contributed by atoms with van der Waals surface area (Å²) in [5.41, 5.74) is -0.535. The van der Waals surface area contributed by atoms with Crippen LogP contribution >= 0.6 is 0 Å². The minimum Gasteiger partial charge on any atom is -0.444 e. The zero-order valence-corrected chi connectivity index (χ0v) is 11.6. The zero-order chi connectivity index (χ0) is 13.6. The van der Waals surface area contributed by atoms with Gasteiger partial charge in [0.2, 0.25) is 0 Å². The summed E-state index contributed by atoms with van der Waals surface area (Å²) in [7, 11) is 0. The molecule has 0 aromatic carbocycles. The third-order valence-corrected chi connectivity index (χ3v) is 2.82. The summed E-state index contributed by atoms with van der Waals surface area (Å²) in [5.74, 6) is 0. The van der Waals surface area contributed by atoms with E-state index in [1.54, 1.807) is 20.8 Å². The summed E-state index contributed by atoms with van der Waals surface area (Å²) < 4.78 is 5.12. The van der Waals surface area contributed by atoms with Crippen LogP contribution in [0.4, 0.5) is 4.79 Å². The maximum Gasteiger partial charge on any atom is 0.408 e. The molecule has 18 heavy (non-hydrogen) atoms. The molecule has 0 aromatic rings. The molecule has 0 aliphatic carbocycles. The van der Waals surface area contributed by atoms with Crippen LogP contribution in [0.5, 0.6) is 0 Å². The van der Waals surface area contributed by atoms with Crippen LogP contribution in [0.2, 0.25) is 0 Å². The van der Waals surface area contributed by atoms with Crippen molar-refractivity contribution in [2.75, 3.05) is 19.6 Å². The molecule has 0 bridgehead atoms. The first kappa shape index (κ1) is 15.0. The first-order valence-electron chi connectivity index (χ1n) is 6.58. The van der Waals surface area contributed by atoms with E-state index in [0.717, 1.165) is 25.9 Å². The van der Waals surface area contributed by atoms with Gasteiger partial charge in [-0.2, -0.15) is 0 Å². The SMILES string of the molecule is CC(C)(C)OC(=O)NC(C=O)CCN1CCCC1. The van der Waals surface area contributed by atoms with Gasteiger partial charge in [0.05, 0.1) is 6.04 Å². The highest BCUT2D eigenvalue weighted by atomic mass is 16.6. The van der Waals surface area contributed by atoms with Gasteiger partial charge in [-0.1, -0.05) is 0 Å². The third kappa shape index (κ3) is 6.00. The van der Waals surface area contributed by atoms with Crippen molar-refractivity contribution in [1.29, 1.82) is 0 Å². The van der Waals surface area contributed by atoms with Crippen molar-refractivity contribution in [1.82, 2.24) is 10.2 Å². The molecule has 1 heterocycles. The molecular formula is C13H24N2O3. The van der Waals surface area contributed by atoms with Gasteiger partial charge in [0.1, 0.15) is 11.9 Å². The molecule has 0 radical (unpaired) electrons. The van der Waals surface area contributed by atoms with Gasteiger partial charge in [-0.3, -0.25) is 0 Å². The van der Waals surface area contributed by atoms with Crippen LogP contribution in [-0.4, -0.2) is 48.6 Å². The first-order valence-corrected chi connectivity index (χ1v) is 6.58. The van der Waals surface area contributed by atoms with Crippen molar-refractivity contribution < 1.29 is 14.3 Å². The molecule has 5 nitrogen and oxygen atoms in total. The highest BCUT2D eigenvalue weighted by Gasteiger charge is 2.20. The second-order valence-electron chi connectivity index (χ2n) is 5.73. The minimum absolute atomic E-state index is 0.458. The van der Waals surface area contributed by atoms with E-state index in [-0.39, 0.29) is 0 Å². The van der Waals surface area contributed by atoms with Gasteiger partial charge in [0.15, 0.2) is 0 Å². The number of alkyl carbamates (subject to hydrolysis) is 1. The van der Waals surface area contributed by atoms with Gasteiger partial charge in [-0.15, -0.1) is 0 Å². The van der Waals surface area contributed by atoms with Gasteiger partial charge in [-0.05, 0) is 53.1 Å². The lowest BCUT2D eigenvalue weighted by atomic mass is 10.2. The summed E-state index contributed by atoms with van der Waals surface area (Å²) in [6.45, 7) is 8.43. The number of hydrogen-bond donors (Lipinski definition) is 1. The summed E-state index contributed by atoms with van der Waals surface area (Å²) in [5, 5.41) is 2.59. The normalized spacial score (nSPS) is 18.4. The van der Waals surface area contributed by atoms with Crippen LogP contribution < -0.4 is 5.32 Å². The fourth-order valence-electron chi connectivity index (χ4n) is 1.96. The molecule has 1 atom stereocenters. The fourth-order valence-corrected chi connectivity index (χ4v) is 1.96. The molecule has 1 aliphatic heterocycles. The van der Waals surface area contributed by atoms with Crippen molar-refractivity contribution in [3.05, 3.63) is 0 Å². The Morgan fingerprint density at radius 3 is 2.50 bits per heavy atom. The highest BCUT2D eigenvalue weighted by molar-refractivity contribution is 5.73. The minimum atomic E-state index is -0.535. The fraction of sp³-hybridized carbons (Fsp3) is 0.846. The molecular weight excluding hydrogens is 232 g/mol. The molecule has 1 N–H and O–H groups in total. The molecule has 1 unspecified atom stereocenters. The summed E-state index contributed by atoms with van der Waals surface area (Å²) in [4.78, 5) is 24.8. The maximum atomic E-state index is 11.5. The van der Waals surface area contributed by atoms with E-state index in [1.807, 2.05) is 0 Å². The van der Waals surface area contributed by atoms with E-state index in [0.29, 0.717) is 6.42 Å². The lowest BCUT2D eigenvalue weighted by Gasteiger charge is -2.22. The van der Waals surface area contributed by atoms with Crippen molar-refractivity contribution in [2.45, 2.75) is 51.7 Å². The number of likely N-dealkylation sites (tertiary alicyclic amines) is 1. The van der Waals surface area contributed by atoms with Crippen molar-refractivity contribution in [3.8, 4) is 0 Å². The Labute approximate surface area is 109 Å². The Hall–Kier alpha value is -1.10. The maximum absolute atomic E-state index is 11.5. The largest absolute Gasteiger partial charge is 0.444 e. The molecule has 5 heteroatoms. The Balaban J connectivity index is 2.27. The van der Waals surface area contributed by atoms with Crippen LogP contribution in [0.3, 0.4) is 0 Å². The standard InChI is InChI=1S/C13H24N2O3/c1-13(2,3)18-12(17)14-11(10-16)6-9-15-7-4-5-8-15/h10-11H,4-9H2,1-3H3,(H,14,17). The second kappa shape index (κ2) is 6.73. The molecule has 0 saturated carbocycles. The number of aldehydes is 1. The number of carbonyl (C=O) groups is 2. The monoisotopic (exact) mass is 256 g/mol. The Morgan fingerprint density at radius 2 is 2.00 bits per heavy atom. The average Bonchev–Trinajstić information content (AvgIpc) is 2.74. The Morgan fingerprint density at radius 1 is 1.39 bits per heavy atom. The topological polar surface area (TPSA) is 58.6 Å². The number of nitrogens with one attached hydrogen (secondary N) is 1. The molecule has 1 rings (SSSR count). The lowest BCUT2D eigenvalue weighted by Crippen LogP contribution is -2.41. The lowest BCUT2D eigenvalue weighted by molar-refractivity contribution is -0.109. The van der Waals surface area contributed by atoms with E-state index in [2.05, 4.69) is 10.2 Å². The molecule has 1 aliphatic rings. The first-order chi connectivity index (χ1) is 8.40. The molecule has 1 saturated heterocycles. The van der Waals surface area contributed by atoms with E-state index >= 15 is 0 Å². The van der Waals surface area contributed by atoms with Gasteiger partial charge in [0, 0.05) is 6.54 Å². The predicted octanol–water partition coefficient (Wildman–Crippen LogP) is 1.56. The van der Waals surface area contributed by atoms with Crippen molar-refractivity contribution in [3.63, 3.8) is 0 Å². The van der Waals surface area contributed by atoms with Crippen molar-refractivity contribution in [2.24, 2.45) is 0 Å². The number of nitrogens with zero attached hydrogens (tertiary/aromatic N) is 1. The zero-order valence-electron chi connectivity index (χ0n) is 11.6. The van der Waals surface area contributed by atoms with Gasteiger partial charge in [-0.25, -0.2) is 4.79 Å². The van der Waals surface area contributed by atoms with Crippen LogP contribution in [0.25, 0.3) is 0 Å². The Bertz CT molecular complexity index is 280. The quantitative estimate of drug-likeness (QED) is 0.758. The van der Waals surface area contributed by atoms with E-state index in [9.17, 15) is 9.59 Å². The van der Waals surface area contributed by atoms with E-state index in [4.69, 9.17) is 4.74 Å². The molecule has 1 amide bonds. The van der Waals surface area contributed by atoms with Gasteiger partial charge < -0.3 is 19.7 Å². The van der Waals surface area contributed by atoms with Crippen LogP contribution in [-0.2, 0) is 9.53 Å². The van der Waals surface area contributed by atoms with Crippen LogP contribution in [0.1, 0.15) is 40.0 Å². The smallest absolute Gasteiger partial charge is 0.408 e. The number of ether oxygens (including phenoxy) is 1. The number of rotatable bonds is 5. The van der Waals surface area contributed by atoms with Gasteiger partial charge in [0.25, 0.3) is 0 Å². The number of carbonyl (C=O) groups excluding carboxylic acids is 2. The van der Waals surface area contributed by atoms with E-state index in [1.165, 1.54) is 12.8 Å². The molecule has 0 spiro atoms. The van der Waals surface area contributed by atoms with E-state index < -0.39 is 17.7 Å². The second-order valence-corrected chi connectivity index (χ2v) is 5.73. The van der Waals surface area contributed by atoms with Crippen molar-refractivity contribution >= 4 is 12.4 Å². The third-order valence-electron chi connectivity index (χ3n) is 2.82. The van der Waals surface area contributed by atoms with Crippen LogP contribution in [0.15, 0.2) is 0 Å².